The van der Waals surface area contributed by atoms with Crippen LogP contribution in [0.15, 0.2) is 23.2 Å². The SMILES string of the molecule is CC(C)[C@H]1CSC(Nc2ccc(F)cc2I)=N1. The number of aliphatic imine (C=N–C) groups is 1. The predicted octanol–water partition coefficient (Wildman–Crippen LogP) is 3.97. The number of hydrogen-bond acceptors (Lipinski definition) is 3. The second-order valence-corrected chi connectivity index (χ2v) is 6.48. The van der Waals surface area contributed by atoms with Crippen molar-refractivity contribution in [3.63, 3.8) is 0 Å². The van der Waals surface area contributed by atoms with Gasteiger partial charge in [-0.3, -0.25) is 4.99 Å². The highest BCUT2D eigenvalue weighted by Gasteiger charge is 2.21. The molecular formula is C12H14FIN2S. The average Bonchev–Trinajstić information content (AvgIpc) is 2.71. The molecule has 0 radical (unpaired) electrons. The molecule has 0 bridgehead atoms. The first kappa shape index (κ1) is 13.1. The van der Waals surface area contributed by atoms with E-state index in [1.165, 1.54) is 12.1 Å². The van der Waals surface area contributed by atoms with Gasteiger partial charge >= 0.3 is 0 Å². The van der Waals surface area contributed by atoms with Gasteiger partial charge in [-0.15, -0.1) is 0 Å². The van der Waals surface area contributed by atoms with Crippen molar-refractivity contribution in [1.29, 1.82) is 0 Å². The monoisotopic (exact) mass is 364 g/mol. The Bertz CT molecular complexity index is 448. The molecule has 2 nitrogen and oxygen atoms in total. The van der Waals surface area contributed by atoms with Gasteiger partial charge in [0, 0.05) is 9.32 Å². The standard InChI is InChI=1S/C12H14FIN2S/c1-7(2)11-6-17-12(16-11)15-10-4-3-8(13)5-9(10)14/h3-5,7,11H,6H2,1-2H3,(H,15,16)/t11-/m1/s1. The summed E-state index contributed by atoms with van der Waals surface area (Å²) in [6.45, 7) is 4.36. The number of nitrogens with one attached hydrogen (secondary N) is 1. The molecule has 0 unspecified atom stereocenters. The highest BCUT2D eigenvalue weighted by atomic mass is 127. The second kappa shape index (κ2) is 5.56. The molecular weight excluding hydrogens is 350 g/mol. The molecule has 5 heteroatoms. The van der Waals surface area contributed by atoms with Crippen molar-refractivity contribution in [2.45, 2.75) is 19.9 Å². The van der Waals surface area contributed by atoms with Crippen molar-refractivity contribution in [2.24, 2.45) is 10.9 Å². The summed E-state index contributed by atoms with van der Waals surface area (Å²) >= 11 is 3.85. The molecule has 1 aromatic carbocycles. The van der Waals surface area contributed by atoms with Crippen molar-refractivity contribution >= 4 is 45.2 Å². The fourth-order valence-corrected chi connectivity index (χ4v) is 3.30. The van der Waals surface area contributed by atoms with E-state index in [1.54, 1.807) is 17.8 Å². The average molecular weight is 364 g/mol. The fraction of sp³-hybridized carbons (Fsp3) is 0.417. The maximum absolute atomic E-state index is 13.0. The van der Waals surface area contributed by atoms with E-state index in [-0.39, 0.29) is 5.82 Å². The van der Waals surface area contributed by atoms with E-state index >= 15 is 0 Å². The first-order valence-corrected chi connectivity index (χ1v) is 7.55. The van der Waals surface area contributed by atoms with Gasteiger partial charge in [0.25, 0.3) is 0 Å². The van der Waals surface area contributed by atoms with Crippen LogP contribution < -0.4 is 5.32 Å². The lowest BCUT2D eigenvalue weighted by atomic mass is 10.1. The number of benzene rings is 1. The Labute approximate surface area is 119 Å². The van der Waals surface area contributed by atoms with Gasteiger partial charge in [0.1, 0.15) is 5.82 Å². The molecule has 1 aliphatic heterocycles. The summed E-state index contributed by atoms with van der Waals surface area (Å²) in [4.78, 5) is 4.62. The number of halogens is 2. The summed E-state index contributed by atoms with van der Waals surface area (Å²) in [7, 11) is 0. The van der Waals surface area contributed by atoms with Crippen molar-refractivity contribution < 1.29 is 4.39 Å². The summed E-state index contributed by atoms with van der Waals surface area (Å²) in [6, 6.07) is 5.12. The molecule has 1 aromatic rings. The number of hydrogen-bond donors (Lipinski definition) is 1. The Hall–Kier alpha value is -0.300. The first-order chi connectivity index (χ1) is 8.06. The van der Waals surface area contributed by atoms with E-state index < -0.39 is 0 Å². The fourth-order valence-electron chi connectivity index (χ4n) is 1.51. The largest absolute Gasteiger partial charge is 0.334 e. The van der Waals surface area contributed by atoms with Crippen LogP contribution in [0.4, 0.5) is 10.1 Å². The molecule has 1 N–H and O–H groups in total. The summed E-state index contributed by atoms with van der Waals surface area (Å²) in [5.74, 6) is 1.38. The molecule has 0 saturated carbocycles. The Morgan fingerprint density at radius 3 is 2.88 bits per heavy atom. The van der Waals surface area contributed by atoms with E-state index in [1.807, 2.05) is 0 Å². The maximum Gasteiger partial charge on any atom is 0.161 e. The van der Waals surface area contributed by atoms with Gasteiger partial charge < -0.3 is 5.32 Å². The lowest BCUT2D eigenvalue weighted by Crippen LogP contribution is -2.12. The Balaban J connectivity index is 2.09. The topological polar surface area (TPSA) is 24.4 Å². The minimum Gasteiger partial charge on any atom is -0.334 e. The third kappa shape index (κ3) is 3.34. The predicted molar refractivity (Wildman–Crippen MR) is 81.3 cm³/mol. The van der Waals surface area contributed by atoms with Crippen LogP contribution in [0.1, 0.15) is 13.8 Å². The van der Waals surface area contributed by atoms with Crippen LogP contribution in [-0.2, 0) is 0 Å². The molecule has 0 aromatic heterocycles. The maximum atomic E-state index is 13.0. The molecule has 0 saturated heterocycles. The Kier molecular flexibility index (Phi) is 4.30. The van der Waals surface area contributed by atoms with Crippen LogP contribution >= 0.6 is 34.4 Å². The van der Waals surface area contributed by atoms with Crippen LogP contribution in [0.2, 0.25) is 0 Å². The van der Waals surface area contributed by atoms with E-state index in [2.05, 4.69) is 46.7 Å². The molecule has 0 amide bonds. The highest BCUT2D eigenvalue weighted by Crippen LogP contribution is 2.26. The summed E-state index contributed by atoms with van der Waals surface area (Å²) < 4.78 is 13.8. The number of rotatable bonds is 2. The molecule has 1 atom stereocenters. The normalized spacial score (nSPS) is 19.6. The van der Waals surface area contributed by atoms with Gasteiger partial charge in [-0.25, -0.2) is 4.39 Å². The zero-order valence-corrected chi connectivity index (χ0v) is 12.7. The third-order valence-corrected chi connectivity index (χ3v) is 4.50. The van der Waals surface area contributed by atoms with Gasteiger partial charge in [-0.05, 0) is 46.7 Å². The van der Waals surface area contributed by atoms with Crippen LogP contribution in [0.3, 0.4) is 0 Å². The summed E-state index contributed by atoms with van der Waals surface area (Å²) in [6.07, 6.45) is 0. The summed E-state index contributed by atoms with van der Waals surface area (Å²) in [5, 5.41) is 4.20. The lowest BCUT2D eigenvalue weighted by molar-refractivity contribution is 0.543. The molecule has 0 spiro atoms. The zero-order valence-electron chi connectivity index (χ0n) is 9.71. The molecule has 1 aliphatic rings. The first-order valence-electron chi connectivity index (χ1n) is 5.49. The highest BCUT2D eigenvalue weighted by molar-refractivity contribution is 14.1. The van der Waals surface area contributed by atoms with Gasteiger partial charge in [0.05, 0.1) is 11.7 Å². The van der Waals surface area contributed by atoms with Crippen molar-refractivity contribution in [3.8, 4) is 0 Å². The molecule has 0 fully saturated rings. The van der Waals surface area contributed by atoms with Crippen LogP contribution in [0, 0.1) is 15.3 Å². The molecule has 1 heterocycles. The zero-order chi connectivity index (χ0) is 12.4. The van der Waals surface area contributed by atoms with E-state index in [9.17, 15) is 4.39 Å². The number of thioether (sulfide) groups is 1. The van der Waals surface area contributed by atoms with Gasteiger partial charge in [0.15, 0.2) is 5.17 Å². The molecule has 2 rings (SSSR count). The van der Waals surface area contributed by atoms with Crippen molar-refractivity contribution in [3.05, 3.63) is 27.6 Å². The van der Waals surface area contributed by atoms with Gasteiger partial charge in [-0.2, -0.15) is 0 Å². The minimum atomic E-state index is -0.207. The summed E-state index contributed by atoms with van der Waals surface area (Å²) in [5.41, 5.74) is 0.919. The Morgan fingerprint density at radius 1 is 1.53 bits per heavy atom. The van der Waals surface area contributed by atoms with Gasteiger partial charge in [0.2, 0.25) is 0 Å². The van der Waals surface area contributed by atoms with E-state index in [4.69, 9.17) is 0 Å². The van der Waals surface area contributed by atoms with Crippen LogP contribution in [0.5, 0.6) is 0 Å². The van der Waals surface area contributed by atoms with E-state index in [0.717, 1.165) is 20.2 Å². The second-order valence-electron chi connectivity index (χ2n) is 4.31. The van der Waals surface area contributed by atoms with Gasteiger partial charge in [-0.1, -0.05) is 25.6 Å². The van der Waals surface area contributed by atoms with Crippen LogP contribution in [0.25, 0.3) is 0 Å². The molecule has 17 heavy (non-hydrogen) atoms. The quantitative estimate of drug-likeness (QED) is 0.804. The number of anilines is 1. The minimum absolute atomic E-state index is 0.207. The molecule has 92 valence electrons. The molecule has 0 aliphatic carbocycles. The number of nitrogens with zero attached hydrogens (tertiary/aromatic N) is 1. The Morgan fingerprint density at radius 2 is 2.29 bits per heavy atom. The lowest BCUT2D eigenvalue weighted by Gasteiger charge is -2.08. The smallest absolute Gasteiger partial charge is 0.161 e. The number of amidine groups is 1. The van der Waals surface area contributed by atoms with Crippen molar-refractivity contribution in [2.75, 3.05) is 11.1 Å². The van der Waals surface area contributed by atoms with E-state index in [0.29, 0.717) is 12.0 Å². The van der Waals surface area contributed by atoms with Crippen LogP contribution in [-0.4, -0.2) is 17.0 Å². The van der Waals surface area contributed by atoms with Crippen molar-refractivity contribution in [1.82, 2.24) is 0 Å². The third-order valence-electron chi connectivity index (χ3n) is 2.62.